The number of amides is 2. The first-order valence-corrected chi connectivity index (χ1v) is 9.36. The van der Waals surface area contributed by atoms with Crippen LogP contribution in [0.15, 0.2) is 29.8 Å². The summed E-state index contributed by atoms with van der Waals surface area (Å²) < 4.78 is 0. The Bertz CT molecular complexity index is 797. The van der Waals surface area contributed by atoms with Gasteiger partial charge in [0.25, 0.3) is 5.91 Å². The number of hydrogen-bond donors (Lipinski definition) is 0. The molecule has 2 aliphatic heterocycles. The summed E-state index contributed by atoms with van der Waals surface area (Å²) in [6.07, 6.45) is 2.63. The lowest BCUT2D eigenvalue weighted by Gasteiger charge is -2.34. The van der Waals surface area contributed by atoms with E-state index in [4.69, 9.17) is 0 Å². The number of fused-ring (bicyclic) bond motifs is 1. The number of carbonyl (C=O) groups excluding carboxylic acids is 2. The quantitative estimate of drug-likeness (QED) is 0.826. The molecule has 25 heavy (non-hydrogen) atoms. The molecule has 1 aromatic carbocycles. The Kier molecular flexibility index (Phi) is 4.17. The summed E-state index contributed by atoms with van der Waals surface area (Å²) >= 11 is 1.63. The van der Waals surface area contributed by atoms with Gasteiger partial charge in [0, 0.05) is 62.5 Å². The first-order chi connectivity index (χ1) is 12.1. The van der Waals surface area contributed by atoms with E-state index < -0.39 is 0 Å². The minimum Gasteiger partial charge on any atom is -0.345 e. The maximum atomic E-state index is 12.8. The van der Waals surface area contributed by atoms with Gasteiger partial charge in [0.1, 0.15) is 0 Å². The number of piperazine rings is 1. The molecule has 2 aromatic rings. The SMILES string of the molecule is CC(=O)N1CCc2cc(C(=O)N3CCN(c4nccs4)CC3)ccc21. The highest BCUT2D eigenvalue weighted by Gasteiger charge is 2.26. The van der Waals surface area contributed by atoms with Gasteiger partial charge in [-0.3, -0.25) is 9.59 Å². The van der Waals surface area contributed by atoms with Crippen molar-refractivity contribution in [3.05, 3.63) is 40.9 Å². The molecule has 1 saturated heterocycles. The van der Waals surface area contributed by atoms with Gasteiger partial charge >= 0.3 is 0 Å². The first kappa shape index (κ1) is 16.1. The monoisotopic (exact) mass is 356 g/mol. The summed E-state index contributed by atoms with van der Waals surface area (Å²) in [6, 6.07) is 5.70. The van der Waals surface area contributed by atoms with Gasteiger partial charge in [-0.05, 0) is 30.2 Å². The van der Waals surface area contributed by atoms with Gasteiger partial charge in [0.2, 0.25) is 5.91 Å². The van der Waals surface area contributed by atoms with E-state index in [-0.39, 0.29) is 11.8 Å². The van der Waals surface area contributed by atoms with Gasteiger partial charge in [0.05, 0.1) is 0 Å². The summed E-state index contributed by atoms with van der Waals surface area (Å²) in [7, 11) is 0. The number of nitrogens with zero attached hydrogens (tertiary/aromatic N) is 4. The van der Waals surface area contributed by atoms with Crippen LogP contribution >= 0.6 is 11.3 Å². The highest BCUT2D eigenvalue weighted by atomic mass is 32.1. The van der Waals surface area contributed by atoms with Crippen molar-refractivity contribution in [2.45, 2.75) is 13.3 Å². The third kappa shape index (κ3) is 3.00. The molecule has 0 spiro atoms. The van der Waals surface area contributed by atoms with Gasteiger partial charge in [-0.15, -0.1) is 11.3 Å². The van der Waals surface area contributed by atoms with Crippen molar-refractivity contribution in [2.24, 2.45) is 0 Å². The molecular weight excluding hydrogens is 336 g/mol. The Morgan fingerprint density at radius 1 is 1.12 bits per heavy atom. The Balaban J connectivity index is 1.45. The van der Waals surface area contributed by atoms with Crippen LogP contribution < -0.4 is 9.80 Å². The predicted molar refractivity (Wildman–Crippen MR) is 98.4 cm³/mol. The average Bonchev–Trinajstić information content (AvgIpc) is 3.30. The summed E-state index contributed by atoms with van der Waals surface area (Å²) in [5.74, 6) is 0.124. The van der Waals surface area contributed by atoms with Gasteiger partial charge < -0.3 is 14.7 Å². The number of anilines is 2. The van der Waals surface area contributed by atoms with E-state index in [1.165, 1.54) is 0 Å². The minimum absolute atomic E-state index is 0.0520. The molecule has 0 bridgehead atoms. The van der Waals surface area contributed by atoms with Crippen LogP contribution in [0, 0.1) is 0 Å². The van der Waals surface area contributed by atoms with E-state index >= 15 is 0 Å². The zero-order valence-corrected chi connectivity index (χ0v) is 15.0. The molecule has 0 radical (unpaired) electrons. The number of benzene rings is 1. The van der Waals surface area contributed by atoms with Crippen LogP contribution in [0.5, 0.6) is 0 Å². The molecule has 2 aliphatic rings. The third-order valence-electron chi connectivity index (χ3n) is 4.86. The number of thiazole rings is 1. The van der Waals surface area contributed by atoms with E-state index in [2.05, 4.69) is 9.88 Å². The molecule has 0 N–H and O–H groups in total. The summed E-state index contributed by atoms with van der Waals surface area (Å²) in [5, 5.41) is 3.00. The van der Waals surface area contributed by atoms with Crippen molar-refractivity contribution < 1.29 is 9.59 Å². The second-order valence-corrected chi connectivity index (χ2v) is 7.23. The molecule has 0 atom stereocenters. The molecule has 2 amide bonds. The summed E-state index contributed by atoms with van der Waals surface area (Å²) in [6.45, 7) is 5.31. The van der Waals surface area contributed by atoms with E-state index in [1.807, 2.05) is 34.7 Å². The van der Waals surface area contributed by atoms with Crippen molar-refractivity contribution in [3.8, 4) is 0 Å². The molecule has 0 unspecified atom stereocenters. The van der Waals surface area contributed by atoms with Crippen LogP contribution in [0.4, 0.5) is 10.8 Å². The Morgan fingerprint density at radius 3 is 2.60 bits per heavy atom. The number of carbonyl (C=O) groups is 2. The molecule has 6 nitrogen and oxygen atoms in total. The van der Waals surface area contributed by atoms with Crippen LogP contribution in [0.1, 0.15) is 22.8 Å². The minimum atomic E-state index is 0.0520. The van der Waals surface area contributed by atoms with Gasteiger partial charge in [-0.1, -0.05) is 0 Å². The van der Waals surface area contributed by atoms with E-state index in [0.717, 1.165) is 35.9 Å². The smallest absolute Gasteiger partial charge is 0.253 e. The first-order valence-electron chi connectivity index (χ1n) is 8.48. The standard InChI is InChI=1S/C18H20N4O2S/c1-13(23)22-6-4-14-12-15(2-3-16(14)22)17(24)20-7-9-21(10-8-20)18-19-5-11-25-18/h2-3,5,11-12H,4,6-10H2,1H3. The van der Waals surface area contributed by atoms with E-state index in [0.29, 0.717) is 25.2 Å². The van der Waals surface area contributed by atoms with Crippen molar-refractivity contribution in [3.63, 3.8) is 0 Å². The molecule has 0 saturated carbocycles. The van der Waals surface area contributed by atoms with E-state index in [9.17, 15) is 9.59 Å². The zero-order chi connectivity index (χ0) is 17.4. The zero-order valence-electron chi connectivity index (χ0n) is 14.1. The molecule has 0 aliphatic carbocycles. The maximum Gasteiger partial charge on any atom is 0.253 e. The summed E-state index contributed by atoms with van der Waals surface area (Å²) in [5.41, 5.74) is 2.74. The average molecular weight is 356 g/mol. The highest BCUT2D eigenvalue weighted by Crippen LogP contribution is 2.29. The Morgan fingerprint density at radius 2 is 1.92 bits per heavy atom. The number of aromatic nitrogens is 1. The van der Waals surface area contributed by atoms with E-state index in [1.54, 1.807) is 23.2 Å². The largest absolute Gasteiger partial charge is 0.345 e. The normalized spacial score (nSPS) is 16.9. The van der Waals surface area contributed by atoms with Crippen molar-refractivity contribution in [2.75, 3.05) is 42.5 Å². The van der Waals surface area contributed by atoms with Crippen molar-refractivity contribution >= 4 is 34.0 Å². The Hall–Kier alpha value is -2.41. The Labute approximate surface area is 150 Å². The van der Waals surface area contributed by atoms with Crippen molar-refractivity contribution in [1.82, 2.24) is 9.88 Å². The molecular formula is C18H20N4O2S. The maximum absolute atomic E-state index is 12.8. The molecule has 4 rings (SSSR count). The molecule has 1 fully saturated rings. The second-order valence-electron chi connectivity index (χ2n) is 6.36. The molecule has 1 aromatic heterocycles. The van der Waals surface area contributed by atoms with Crippen molar-refractivity contribution in [1.29, 1.82) is 0 Å². The molecule has 130 valence electrons. The van der Waals surface area contributed by atoms with Crippen LogP contribution in [-0.4, -0.2) is 54.4 Å². The lowest BCUT2D eigenvalue weighted by atomic mass is 10.1. The topological polar surface area (TPSA) is 56.8 Å². The highest BCUT2D eigenvalue weighted by molar-refractivity contribution is 7.13. The fourth-order valence-electron chi connectivity index (χ4n) is 3.52. The van der Waals surface area contributed by atoms with Crippen LogP contribution in [0.2, 0.25) is 0 Å². The number of hydrogen-bond acceptors (Lipinski definition) is 5. The third-order valence-corrected chi connectivity index (χ3v) is 5.69. The van der Waals surface area contributed by atoms with Crippen LogP contribution in [0.25, 0.3) is 0 Å². The predicted octanol–water partition coefficient (Wildman–Crippen LogP) is 2.01. The van der Waals surface area contributed by atoms with Gasteiger partial charge in [0.15, 0.2) is 5.13 Å². The second kappa shape index (κ2) is 6.48. The molecule has 7 heteroatoms. The fraction of sp³-hybridized carbons (Fsp3) is 0.389. The molecule has 3 heterocycles. The van der Waals surface area contributed by atoms with Gasteiger partial charge in [-0.25, -0.2) is 4.98 Å². The number of rotatable bonds is 2. The van der Waals surface area contributed by atoms with Gasteiger partial charge in [-0.2, -0.15) is 0 Å². The summed E-state index contributed by atoms with van der Waals surface area (Å²) in [4.78, 5) is 34.7. The lowest BCUT2D eigenvalue weighted by molar-refractivity contribution is -0.116. The van der Waals surface area contributed by atoms with Crippen LogP contribution in [-0.2, 0) is 11.2 Å². The lowest BCUT2D eigenvalue weighted by Crippen LogP contribution is -2.48. The van der Waals surface area contributed by atoms with Crippen LogP contribution in [0.3, 0.4) is 0 Å². The fourth-order valence-corrected chi connectivity index (χ4v) is 4.21.